The van der Waals surface area contributed by atoms with Gasteiger partial charge in [0.2, 0.25) is 0 Å². The Labute approximate surface area is 177 Å². The van der Waals surface area contributed by atoms with Crippen LogP contribution in [0.1, 0.15) is 31.0 Å². The summed E-state index contributed by atoms with van der Waals surface area (Å²) in [4.78, 5) is 25.4. The van der Waals surface area contributed by atoms with Gasteiger partial charge in [-0.2, -0.15) is 0 Å². The van der Waals surface area contributed by atoms with Gasteiger partial charge in [0.15, 0.2) is 5.82 Å². The van der Waals surface area contributed by atoms with Crippen LogP contribution in [0.25, 0.3) is 11.4 Å². The summed E-state index contributed by atoms with van der Waals surface area (Å²) in [5.74, 6) is 1.78. The molecule has 0 atom stereocenters. The molecule has 0 radical (unpaired) electrons. The summed E-state index contributed by atoms with van der Waals surface area (Å²) in [6.45, 7) is 6.02. The fourth-order valence-electron chi connectivity index (χ4n) is 4.29. The molecule has 0 unspecified atom stereocenters. The molecular weight excluding hydrogens is 380 g/mol. The van der Waals surface area contributed by atoms with Crippen LogP contribution < -0.4 is 20.9 Å². The van der Waals surface area contributed by atoms with Crippen LogP contribution >= 0.6 is 0 Å². The lowest BCUT2D eigenvalue weighted by molar-refractivity contribution is 0.0817. The van der Waals surface area contributed by atoms with E-state index in [-0.39, 0.29) is 0 Å². The quantitative estimate of drug-likeness (QED) is 0.785. The molecule has 1 aromatic heterocycles. The van der Waals surface area contributed by atoms with Gasteiger partial charge in [-0.1, -0.05) is 0 Å². The minimum absolute atomic E-state index is 0.333. The van der Waals surface area contributed by atoms with Crippen LogP contribution in [0.15, 0.2) is 24.3 Å². The van der Waals surface area contributed by atoms with E-state index in [1.807, 2.05) is 31.2 Å². The molecule has 8 heteroatoms. The zero-order chi connectivity index (χ0) is 21.1. The molecule has 0 bridgehead atoms. The Hall–Kier alpha value is -2.71. The van der Waals surface area contributed by atoms with E-state index < -0.39 is 6.03 Å². The molecule has 0 spiro atoms. The van der Waals surface area contributed by atoms with Crippen molar-refractivity contribution in [3.05, 3.63) is 35.5 Å². The Morgan fingerprint density at radius 3 is 2.63 bits per heavy atom. The average Bonchev–Trinajstić information content (AvgIpc) is 2.79. The number of benzene rings is 1. The van der Waals surface area contributed by atoms with E-state index in [1.165, 1.54) is 10.5 Å². The molecule has 3 N–H and O–H groups in total. The third kappa shape index (κ3) is 4.11. The molecule has 0 aliphatic carbocycles. The molecule has 2 aliphatic rings. The Balaban J connectivity index is 1.66. The molecule has 1 aromatic carbocycles. The molecule has 2 aliphatic heterocycles. The molecule has 30 heavy (non-hydrogen) atoms. The number of aromatic nitrogens is 2. The van der Waals surface area contributed by atoms with Crippen molar-refractivity contribution in [3.8, 4) is 11.4 Å². The smallest absolute Gasteiger partial charge is 0.319 e. The molecule has 1 fully saturated rings. The summed E-state index contributed by atoms with van der Waals surface area (Å²) in [6, 6.07) is 7.26. The lowest BCUT2D eigenvalue weighted by atomic mass is 10.0. The van der Waals surface area contributed by atoms with Crippen molar-refractivity contribution in [1.82, 2.24) is 15.3 Å². The second-order valence-corrected chi connectivity index (χ2v) is 7.77. The summed E-state index contributed by atoms with van der Waals surface area (Å²) in [7, 11) is 1.79. The Bertz CT molecular complexity index is 893. The lowest BCUT2D eigenvalue weighted by Gasteiger charge is -2.34. The first-order valence-electron chi connectivity index (χ1n) is 10.7. The average molecular weight is 411 g/mol. The maximum absolute atomic E-state index is 11.6. The lowest BCUT2D eigenvalue weighted by Crippen LogP contribution is -2.39. The van der Waals surface area contributed by atoms with Crippen LogP contribution in [0.4, 0.5) is 16.3 Å². The van der Waals surface area contributed by atoms with Gasteiger partial charge in [-0.3, -0.25) is 4.90 Å². The Morgan fingerprint density at radius 2 is 2.00 bits per heavy atom. The monoisotopic (exact) mass is 410 g/mol. The molecule has 1 saturated heterocycles. The molecule has 2 amide bonds. The first kappa shape index (κ1) is 20.6. The number of nitrogens with one attached hydrogen (secondary N) is 1. The highest BCUT2D eigenvalue weighted by Gasteiger charge is 2.26. The number of carbonyl (C=O) groups is 1. The maximum Gasteiger partial charge on any atom is 0.319 e. The second-order valence-electron chi connectivity index (χ2n) is 7.77. The predicted octanol–water partition coefficient (Wildman–Crippen LogP) is 2.31. The zero-order valence-corrected chi connectivity index (χ0v) is 17.7. The molecule has 160 valence electrons. The second kappa shape index (κ2) is 8.97. The van der Waals surface area contributed by atoms with Crippen molar-refractivity contribution in [1.29, 1.82) is 0 Å². The summed E-state index contributed by atoms with van der Waals surface area (Å²) in [5, 5.41) is 3.42. The van der Waals surface area contributed by atoms with E-state index >= 15 is 0 Å². The van der Waals surface area contributed by atoms with E-state index in [0.29, 0.717) is 12.6 Å². The van der Waals surface area contributed by atoms with Gasteiger partial charge in [-0.25, -0.2) is 14.8 Å². The van der Waals surface area contributed by atoms with Gasteiger partial charge < -0.3 is 20.7 Å². The maximum atomic E-state index is 11.6. The predicted molar refractivity (Wildman–Crippen MR) is 118 cm³/mol. The first-order valence-corrected chi connectivity index (χ1v) is 10.7. The number of methoxy groups -OCH3 is 1. The number of hydrogen-bond acceptors (Lipinski definition) is 6. The number of urea groups is 1. The van der Waals surface area contributed by atoms with Gasteiger partial charge >= 0.3 is 6.03 Å². The summed E-state index contributed by atoms with van der Waals surface area (Å²) < 4.78 is 5.53. The number of hydrogen-bond donors (Lipinski definition) is 2. The highest BCUT2D eigenvalue weighted by Crippen LogP contribution is 2.30. The van der Waals surface area contributed by atoms with Crippen LogP contribution in [0.3, 0.4) is 0 Å². The Morgan fingerprint density at radius 1 is 1.27 bits per heavy atom. The normalized spacial score (nSPS) is 16.9. The minimum Gasteiger partial charge on any atom is -0.381 e. The highest BCUT2D eigenvalue weighted by atomic mass is 16.5. The third-order valence-corrected chi connectivity index (χ3v) is 6.01. The standard InChI is InChI=1S/C22H30N6O2/c1-3-28(22(23)29)16-6-4-15(5-7-16)20-25-19-14-24-11-8-18(19)21(26-20)27-12-9-17(30-2)10-13-27/h4-7,17,24H,3,8-14H2,1-2H3,(H2,23,29). The number of nitrogens with zero attached hydrogens (tertiary/aromatic N) is 4. The SMILES string of the molecule is CCN(C(N)=O)c1ccc(-c2nc3c(c(N4CCC(OC)CC4)n2)CCNC3)cc1. The van der Waals surface area contributed by atoms with E-state index in [2.05, 4.69) is 10.2 Å². The first-order chi connectivity index (χ1) is 14.6. The van der Waals surface area contributed by atoms with Gasteiger partial charge in [0.25, 0.3) is 0 Å². The number of carbonyl (C=O) groups excluding carboxylic acids is 1. The van der Waals surface area contributed by atoms with E-state index in [4.69, 9.17) is 20.4 Å². The van der Waals surface area contributed by atoms with Crippen LogP contribution in [-0.4, -0.2) is 55.4 Å². The summed E-state index contributed by atoms with van der Waals surface area (Å²) >= 11 is 0. The minimum atomic E-state index is -0.455. The summed E-state index contributed by atoms with van der Waals surface area (Å²) in [5.41, 5.74) is 9.51. The van der Waals surface area contributed by atoms with Crippen molar-refractivity contribution in [2.75, 3.05) is 43.1 Å². The van der Waals surface area contributed by atoms with E-state index in [0.717, 1.165) is 74.0 Å². The number of ether oxygens (including phenoxy) is 1. The van der Waals surface area contributed by atoms with Gasteiger partial charge in [-0.05, 0) is 57.0 Å². The van der Waals surface area contributed by atoms with Crippen molar-refractivity contribution in [2.45, 2.75) is 38.8 Å². The largest absolute Gasteiger partial charge is 0.381 e. The van der Waals surface area contributed by atoms with Crippen molar-refractivity contribution < 1.29 is 9.53 Å². The van der Waals surface area contributed by atoms with Gasteiger partial charge in [0.05, 0.1) is 11.8 Å². The van der Waals surface area contributed by atoms with Gasteiger partial charge in [0.1, 0.15) is 5.82 Å². The number of primary amides is 1. The molecule has 3 heterocycles. The zero-order valence-electron chi connectivity index (χ0n) is 17.7. The van der Waals surface area contributed by atoms with E-state index in [9.17, 15) is 4.79 Å². The number of fused-ring (bicyclic) bond motifs is 1. The molecule has 4 rings (SSSR count). The third-order valence-electron chi connectivity index (χ3n) is 6.01. The molecular formula is C22H30N6O2. The van der Waals surface area contributed by atoms with Crippen molar-refractivity contribution >= 4 is 17.5 Å². The number of rotatable bonds is 5. The number of nitrogens with two attached hydrogens (primary N) is 1. The van der Waals surface area contributed by atoms with E-state index in [1.54, 1.807) is 7.11 Å². The number of anilines is 2. The van der Waals surface area contributed by atoms with Crippen LogP contribution in [-0.2, 0) is 17.7 Å². The van der Waals surface area contributed by atoms with Crippen molar-refractivity contribution in [2.24, 2.45) is 5.73 Å². The van der Waals surface area contributed by atoms with Gasteiger partial charge in [-0.15, -0.1) is 0 Å². The van der Waals surface area contributed by atoms with Crippen molar-refractivity contribution in [3.63, 3.8) is 0 Å². The number of piperidine rings is 1. The van der Waals surface area contributed by atoms with Crippen LogP contribution in [0, 0.1) is 0 Å². The summed E-state index contributed by atoms with van der Waals surface area (Å²) in [6.07, 6.45) is 3.30. The van der Waals surface area contributed by atoms with Gasteiger partial charge in [0, 0.05) is 50.1 Å². The fraction of sp³-hybridized carbons (Fsp3) is 0.500. The van der Waals surface area contributed by atoms with Crippen LogP contribution in [0.2, 0.25) is 0 Å². The molecule has 8 nitrogen and oxygen atoms in total. The van der Waals surface area contributed by atoms with Crippen LogP contribution in [0.5, 0.6) is 0 Å². The molecule has 2 aromatic rings. The molecule has 0 saturated carbocycles. The topological polar surface area (TPSA) is 96.6 Å². The number of amides is 2. The highest BCUT2D eigenvalue weighted by molar-refractivity contribution is 5.90. The Kier molecular flexibility index (Phi) is 6.15. The fourth-order valence-corrected chi connectivity index (χ4v) is 4.29.